The summed E-state index contributed by atoms with van der Waals surface area (Å²) in [7, 11) is 1.61. The van der Waals surface area contributed by atoms with Crippen molar-refractivity contribution in [3.8, 4) is 0 Å². The van der Waals surface area contributed by atoms with Crippen LogP contribution in [0.4, 0.5) is 0 Å². The molecule has 0 aliphatic rings. The fraction of sp³-hybridized carbons (Fsp3) is 0.776. The molecular formula is C49H92N2O6P+. The van der Waals surface area contributed by atoms with Crippen molar-refractivity contribution in [3.05, 3.63) is 60.8 Å². The number of hydrogen-bond donors (Lipinski definition) is 3. The Labute approximate surface area is 358 Å². The molecule has 58 heavy (non-hydrogen) atoms. The van der Waals surface area contributed by atoms with Gasteiger partial charge in [0, 0.05) is 6.42 Å². The van der Waals surface area contributed by atoms with Crippen molar-refractivity contribution in [1.29, 1.82) is 0 Å². The number of carbonyl (C=O) groups is 1. The third-order valence-corrected chi connectivity index (χ3v) is 11.3. The Morgan fingerprint density at radius 3 is 1.52 bits per heavy atom. The average Bonchev–Trinajstić information content (AvgIpc) is 3.17. The Morgan fingerprint density at radius 1 is 0.603 bits per heavy atom. The summed E-state index contributed by atoms with van der Waals surface area (Å²) in [5.74, 6) is -0.154. The number of nitrogens with zero attached hydrogens (tertiary/aromatic N) is 1. The maximum atomic E-state index is 12.8. The predicted octanol–water partition coefficient (Wildman–Crippen LogP) is 13.4. The Morgan fingerprint density at radius 2 is 1.03 bits per heavy atom. The molecule has 0 bridgehead atoms. The van der Waals surface area contributed by atoms with Gasteiger partial charge in [0.15, 0.2) is 0 Å². The quantitative estimate of drug-likeness (QED) is 0.0245. The molecule has 0 saturated carbocycles. The number of unbranched alkanes of at least 4 members (excludes halogenated alkanes) is 19. The molecule has 338 valence electrons. The lowest BCUT2D eigenvalue weighted by atomic mass is 10.0. The summed E-state index contributed by atoms with van der Waals surface area (Å²) in [4.78, 5) is 23.0. The highest BCUT2D eigenvalue weighted by Crippen LogP contribution is 2.43. The normalized spacial score (nSPS) is 14.8. The minimum Gasteiger partial charge on any atom is -0.391 e. The molecule has 3 N–H and O–H groups in total. The van der Waals surface area contributed by atoms with Crippen LogP contribution >= 0.6 is 7.82 Å². The number of likely N-dealkylation sites (N-methyl/N-ethyl adjacent to an activating group) is 1. The van der Waals surface area contributed by atoms with Gasteiger partial charge in [-0.3, -0.25) is 13.8 Å². The van der Waals surface area contributed by atoms with E-state index in [1.54, 1.807) is 0 Å². The molecule has 1 amide bonds. The molecule has 0 aliphatic heterocycles. The van der Waals surface area contributed by atoms with Gasteiger partial charge >= 0.3 is 7.82 Å². The second-order valence-corrected chi connectivity index (χ2v) is 18.6. The van der Waals surface area contributed by atoms with Crippen LogP contribution in [0, 0.1) is 0 Å². The van der Waals surface area contributed by atoms with E-state index in [-0.39, 0.29) is 19.1 Å². The molecule has 0 saturated heterocycles. The number of allylic oxidation sites excluding steroid dienone is 10. The Hall–Kier alpha value is -1.80. The zero-order chi connectivity index (χ0) is 42.8. The molecule has 0 spiro atoms. The van der Waals surface area contributed by atoms with Crippen molar-refractivity contribution < 1.29 is 32.9 Å². The molecular weight excluding hydrogens is 744 g/mol. The topological polar surface area (TPSA) is 105 Å². The average molecular weight is 836 g/mol. The Kier molecular flexibility index (Phi) is 39.3. The van der Waals surface area contributed by atoms with Gasteiger partial charge in [0.1, 0.15) is 13.2 Å². The number of quaternary nitrogens is 1. The first-order valence-corrected chi connectivity index (χ1v) is 25.1. The summed E-state index contributed by atoms with van der Waals surface area (Å²) >= 11 is 0. The lowest BCUT2D eigenvalue weighted by molar-refractivity contribution is -0.870. The van der Waals surface area contributed by atoms with E-state index < -0.39 is 20.0 Å². The van der Waals surface area contributed by atoms with Crippen LogP contribution in [-0.2, 0) is 18.4 Å². The van der Waals surface area contributed by atoms with E-state index in [2.05, 4.69) is 79.9 Å². The predicted molar refractivity (Wildman–Crippen MR) is 249 cm³/mol. The van der Waals surface area contributed by atoms with Crippen LogP contribution in [0.1, 0.15) is 194 Å². The molecule has 0 rings (SSSR count). The van der Waals surface area contributed by atoms with Gasteiger partial charge in [0.05, 0.1) is 39.9 Å². The largest absolute Gasteiger partial charge is 0.472 e. The maximum absolute atomic E-state index is 12.8. The zero-order valence-corrected chi connectivity index (χ0v) is 39.2. The minimum absolute atomic E-state index is 0.0724. The Bertz CT molecular complexity index is 1130. The fourth-order valence-corrected chi connectivity index (χ4v) is 7.28. The summed E-state index contributed by atoms with van der Waals surface area (Å²) in [6, 6.07) is -0.758. The maximum Gasteiger partial charge on any atom is 0.472 e. The van der Waals surface area contributed by atoms with E-state index in [1.165, 1.54) is 83.5 Å². The lowest BCUT2D eigenvalue weighted by Gasteiger charge is -2.26. The lowest BCUT2D eigenvalue weighted by Crippen LogP contribution is -2.46. The first-order chi connectivity index (χ1) is 28.0. The first-order valence-electron chi connectivity index (χ1n) is 23.7. The number of rotatable bonds is 42. The summed E-state index contributed by atoms with van der Waals surface area (Å²) in [6.07, 6.45) is 53.1. The highest BCUT2D eigenvalue weighted by Gasteiger charge is 2.28. The molecule has 0 aliphatic carbocycles. The van der Waals surface area contributed by atoms with Crippen molar-refractivity contribution in [2.45, 2.75) is 206 Å². The van der Waals surface area contributed by atoms with Gasteiger partial charge in [-0.1, -0.05) is 190 Å². The highest BCUT2D eigenvalue weighted by atomic mass is 31.2. The van der Waals surface area contributed by atoms with Gasteiger partial charge in [-0.05, 0) is 57.8 Å². The molecule has 0 aromatic carbocycles. The highest BCUT2D eigenvalue weighted by molar-refractivity contribution is 7.47. The molecule has 3 atom stereocenters. The number of nitrogens with one attached hydrogen (secondary N) is 1. The third kappa shape index (κ3) is 42.3. The minimum atomic E-state index is -4.30. The van der Waals surface area contributed by atoms with Crippen molar-refractivity contribution in [2.24, 2.45) is 0 Å². The first kappa shape index (κ1) is 56.2. The third-order valence-electron chi connectivity index (χ3n) is 10.3. The molecule has 0 heterocycles. The second kappa shape index (κ2) is 40.6. The Balaban J connectivity index is 3.89. The number of aliphatic hydroxyl groups excluding tert-OH is 1. The van der Waals surface area contributed by atoms with E-state index in [9.17, 15) is 19.4 Å². The zero-order valence-electron chi connectivity index (χ0n) is 38.3. The number of aliphatic hydroxyl groups is 1. The smallest absolute Gasteiger partial charge is 0.391 e. The van der Waals surface area contributed by atoms with Gasteiger partial charge in [0.2, 0.25) is 5.91 Å². The van der Waals surface area contributed by atoms with E-state index in [1.807, 2.05) is 21.1 Å². The van der Waals surface area contributed by atoms with Crippen molar-refractivity contribution in [1.82, 2.24) is 5.32 Å². The van der Waals surface area contributed by atoms with Gasteiger partial charge in [-0.2, -0.15) is 0 Å². The monoisotopic (exact) mass is 836 g/mol. The van der Waals surface area contributed by atoms with Crippen LogP contribution in [0.2, 0.25) is 0 Å². The molecule has 9 heteroatoms. The SMILES string of the molecule is CC/C=C\C/C=C\C/C=C\C/C=C\C/C=C\CCCCCCCCCCCCCCCCCC(=O)NC(COP(=O)(O)OCC[N+](C)(C)C)C(O)CCCCCCC. The van der Waals surface area contributed by atoms with Gasteiger partial charge in [0.25, 0.3) is 0 Å². The van der Waals surface area contributed by atoms with Crippen LogP contribution in [0.25, 0.3) is 0 Å². The number of amides is 1. The summed E-state index contributed by atoms with van der Waals surface area (Å²) in [5, 5.41) is 13.7. The summed E-state index contributed by atoms with van der Waals surface area (Å²) in [5.41, 5.74) is 0. The van der Waals surface area contributed by atoms with Crippen LogP contribution < -0.4 is 5.32 Å². The van der Waals surface area contributed by atoms with Crippen molar-refractivity contribution in [3.63, 3.8) is 0 Å². The molecule has 0 aromatic heterocycles. The van der Waals surface area contributed by atoms with Crippen LogP contribution in [0.15, 0.2) is 60.8 Å². The number of phosphoric ester groups is 1. The van der Waals surface area contributed by atoms with E-state index >= 15 is 0 Å². The second-order valence-electron chi connectivity index (χ2n) is 17.1. The van der Waals surface area contributed by atoms with Crippen LogP contribution in [0.5, 0.6) is 0 Å². The van der Waals surface area contributed by atoms with Crippen LogP contribution in [0.3, 0.4) is 0 Å². The summed E-state index contributed by atoms with van der Waals surface area (Å²) in [6.45, 7) is 4.67. The molecule has 3 unspecified atom stereocenters. The molecule has 0 radical (unpaired) electrons. The number of hydrogen-bond acceptors (Lipinski definition) is 5. The van der Waals surface area contributed by atoms with E-state index in [0.29, 0.717) is 23.9 Å². The van der Waals surface area contributed by atoms with Gasteiger partial charge in [-0.15, -0.1) is 0 Å². The standard InChI is InChI=1S/C49H91N2O6P/c1-6-8-10-12-13-14-15-16-17-18-19-20-21-22-23-24-25-26-27-28-29-30-31-32-33-34-35-36-37-39-41-43-49(53)50-47(48(52)42-40-38-11-9-7-2)46-57-58(54,55)56-45-44-51(3,4)5/h8,10,13-14,16-17,19-20,22-23,47-48,52H,6-7,9,11-12,15,18,21,24-46H2,1-5H3,(H-,50,53,54,55)/p+1/b10-8-,14-13-,17-16-,20-19-,23-22-. The van der Waals surface area contributed by atoms with Gasteiger partial charge < -0.3 is 19.8 Å². The van der Waals surface area contributed by atoms with Crippen LogP contribution in [-0.4, -0.2) is 73.4 Å². The van der Waals surface area contributed by atoms with Crippen molar-refractivity contribution in [2.75, 3.05) is 40.9 Å². The van der Waals surface area contributed by atoms with E-state index in [0.717, 1.165) is 83.5 Å². The fourth-order valence-electron chi connectivity index (χ4n) is 6.54. The molecule has 0 fully saturated rings. The van der Waals surface area contributed by atoms with E-state index in [4.69, 9.17) is 9.05 Å². The summed E-state index contributed by atoms with van der Waals surface area (Å²) < 4.78 is 23.4. The number of carbonyl (C=O) groups excluding carboxylic acids is 1. The number of phosphoric acid groups is 1. The molecule has 8 nitrogen and oxygen atoms in total. The molecule has 0 aromatic rings. The van der Waals surface area contributed by atoms with Gasteiger partial charge in [-0.25, -0.2) is 4.57 Å². The van der Waals surface area contributed by atoms with Crippen molar-refractivity contribution >= 4 is 13.7 Å².